The molecule has 0 aliphatic rings. The van der Waals surface area contributed by atoms with Crippen LogP contribution in [0.3, 0.4) is 0 Å². The third kappa shape index (κ3) is 5.95. The fourth-order valence-electron chi connectivity index (χ4n) is 2.71. The molecular weight excluding hydrogens is 341 g/mol. The maximum atomic E-state index is 13.0. The van der Waals surface area contributed by atoms with E-state index in [2.05, 4.69) is 38.9 Å². The lowest BCUT2D eigenvalue weighted by Crippen LogP contribution is -2.36. The number of halogens is 1. The molecule has 5 nitrogen and oxygen atoms in total. The highest BCUT2D eigenvalue weighted by molar-refractivity contribution is 5.79. The van der Waals surface area contributed by atoms with E-state index in [0.29, 0.717) is 13.1 Å². The van der Waals surface area contributed by atoms with Crippen LogP contribution in [0.4, 0.5) is 4.39 Å². The fraction of sp³-hybridized carbons (Fsp3) is 0.238. The summed E-state index contributed by atoms with van der Waals surface area (Å²) in [5, 5.41) is 10.8. The minimum absolute atomic E-state index is 0.227. The van der Waals surface area contributed by atoms with Gasteiger partial charge in [-0.1, -0.05) is 36.4 Å². The number of guanidine groups is 1. The van der Waals surface area contributed by atoms with Crippen molar-refractivity contribution in [1.29, 1.82) is 0 Å². The van der Waals surface area contributed by atoms with Gasteiger partial charge in [-0.05, 0) is 41.8 Å². The molecule has 2 aromatic carbocycles. The number of benzene rings is 2. The van der Waals surface area contributed by atoms with E-state index in [1.165, 1.54) is 17.7 Å². The van der Waals surface area contributed by atoms with Gasteiger partial charge in [0, 0.05) is 25.5 Å². The number of hydrogen-bond acceptors (Lipinski definition) is 2. The zero-order chi connectivity index (χ0) is 18.9. The van der Waals surface area contributed by atoms with E-state index in [-0.39, 0.29) is 5.82 Å². The summed E-state index contributed by atoms with van der Waals surface area (Å²) < 4.78 is 14.9. The molecule has 3 rings (SSSR count). The lowest BCUT2D eigenvalue weighted by molar-refractivity contribution is 0.626. The van der Waals surface area contributed by atoms with Crippen LogP contribution < -0.4 is 10.6 Å². The van der Waals surface area contributed by atoms with Crippen LogP contribution in [0.5, 0.6) is 0 Å². The van der Waals surface area contributed by atoms with E-state index in [4.69, 9.17) is 0 Å². The van der Waals surface area contributed by atoms with E-state index >= 15 is 0 Å². The minimum atomic E-state index is -0.227. The third-order valence-corrected chi connectivity index (χ3v) is 4.03. The van der Waals surface area contributed by atoms with Gasteiger partial charge in [0.25, 0.3) is 0 Å². The normalized spacial score (nSPS) is 11.4. The molecule has 0 saturated heterocycles. The second kappa shape index (κ2) is 9.52. The van der Waals surface area contributed by atoms with E-state index in [1.807, 2.05) is 29.9 Å². The summed E-state index contributed by atoms with van der Waals surface area (Å²) in [6.07, 6.45) is 3.73. The first-order valence-electron chi connectivity index (χ1n) is 9.05. The number of rotatable bonds is 7. The summed E-state index contributed by atoms with van der Waals surface area (Å²) in [6.45, 7) is 4.71. The second-order valence-electron chi connectivity index (χ2n) is 6.20. The van der Waals surface area contributed by atoms with Gasteiger partial charge in [0.15, 0.2) is 5.96 Å². The first-order chi connectivity index (χ1) is 13.2. The zero-order valence-corrected chi connectivity index (χ0v) is 15.4. The minimum Gasteiger partial charge on any atom is -0.357 e. The molecule has 0 aliphatic heterocycles. The Bertz CT molecular complexity index is 857. The Balaban J connectivity index is 1.61. The van der Waals surface area contributed by atoms with Crippen LogP contribution in [0.25, 0.3) is 0 Å². The highest BCUT2D eigenvalue weighted by atomic mass is 19.1. The van der Waals surface area contributed by atoms with Crippen molar-refractivity contribution in [1.82, 2.24) is 20.4 Å². The van der Waals surface area contributed by atoms with Gasteiger partial charge >= 0.3 is 0 Å². The van der Waals surface area contributed by atoms with Crippen LogP contribution in [0.2, 0.25) is 0 Å². The molecule has 0 saturated carbocycles. The predicted octanol–water partition coefficient (Wildman–Crippen LogP) is 3.33. The second-order valence-corrected chi connectivity index (χ2v) is 6.20. The summed E-state index contributed by atoms with van der Waals surface area (Å²) >= 11 is 0. The summed E-state index contributed by atoms with van der Waals surface area (Å²) in [5.74, 6) is 0.508. The topological polar surface area (TPSA) is 54.2 Å². The van der Waals surface area contributed by atoms with Gasteiger partial charge in [-0.25, -0.2) is 9.38 Å². The number of aromatic nitrogens is 2. The maximum Gasteiger partial charge on any atom is 0.191 e. The van der Waals surface area contributed by atoms with Gasteiger partial charge in [-0.15, -0.1) is 0 Å². The van der Waals surface area contributed by atoms with Gasteiger partial charge in [-0.3, -0.25) is 4.68 Å². The number of hydrogen-bond donors (Lipinski definition) is 2. The Labute approximate surface area is 159 Å². The molecule has 0 radical (unpaired) electrons. The molecule has 2 N–H and O–H groups in total. The van der Waals surface area contributed by atoms with E-state index in [9.17, 15) is 4.39 Å². The molecular formula is C21H24FN5. The van der Waals surface area contributed by atoms with Gasteiger partial charge < -0.3 is 10.6 Å². The molecule has 0 bridgehead atoms. The van der Waals surface area contributed by atoms with Crippen LogP contribution in [0.1, 0.15) is 23.6 Å². The molecule has 6 heteroatoms. The van der Waals surface area contributed by atoms with Crippen LogP contribution >= 0.6 is 0 Å². The smallest absolute Gasteiger partial charge is 0.191 e. The Morgan fingerprint density at radius 1 is 1.04 bits per heavy atom. The maximum absolute atomic E-state index is 13.0. The summed E-state index contributed by atoms with van der Waals surface area (Å²) in [7, 11) is 0. The van der Waals surface area contributed by atoms with Gasteiger partial charge in [-0.2, -0.15) is 5.10 Å². The largest absolute Gasteiger partial charge is 0.357 e. The van der Waals surface area contributed by atoms with Crippen LogP contribution in [0, 0.1) is 5.82 Å². The lowest BCUT2D eigenvalue weighted by atomic mass is 10.1. The molecule has 0 atom stereocenters. The van der Waals surface area contributed by atoms with Gasteiger partial charge in [0.05, 0.1) is 13.1 Å². The third-order valence-electron chi connectivity index (χ3n) is 4.03. The van der Waals surface area contributed by atoms with Crippen LogP contribution in [0.15, 0.2) is 72.0 Å². The Morgan fingerprint density at radius 2 is 1.85 bits per heavy atom. The Hall–Kier alpha value is -3.15. The van der Waals surface area contributed by atoms with Crippen molar-refractivity contribution in [2.45, 2.75) is 26.6 Å². The molecule has 0 amide bonds. The molecule has 0 spiro atoms. The van der Waals surface area contributed by atoms with Crippen LogP contribution in [-0.4, -0.2) is 22.3 Å². The molecule has 1 aromatic heterocycles. The quantitative estimate of drug-likeness (QED) is 0.499. The van der Waals surface area contributed by atoms with Crippen molar-refractivity contribution in [2.24, 2.45) is 4.99 Å². The summed E-state index contributed by atoms with van der Waals surface area (Å²) in [6, 6.07) is 16.7. The molecule has 0 aliphatic carbocycles. The lowest BCUT2D eigenvalue weighted by Gasteiger charge is -2.12. The van der Waals surface area contributed by atoms with Gasteiger partial charge in [0.2, 0.25) is 0 Å². The van der Waals surface area contributed by atoms with Crippen LogP contribution in [-0.2, 0) is 19.6 Å². The van der Waals surface area contributed by atoms with E-state index < -0.39 is 0 Å². The van der Waals surface area contributed by atoms with E-state index in [1.54, 1.807) is 18.3 Å². The van der Waals surface area contributed by atoms with Crippen molar-refractivity contribution in [3.63, 3.8) is 0 Å². The predicted molar refractivity (Wildman–Crippen MR) is 106 cm³/mol. The molecule has 27 heavy (non-hydrogen) atoms. The van der Waals surface area contributed by atoms with Crippen molar-refractivity contribution in [2.75, 3.05) is 6.54 Å². The zero-order valence-electron chi connectivity index (χ0n) is 15.4. The Morgan fingerprint density at radius 3 is 2.59 bits per heavy atom. The molecule has 0 unspecified atom stereocenters. The fourth-order valence-corrected chi connectivity index (χ4v) is 2.71. The summed E-state index contributed by atoms with van der Waals surface area (Å²) in [4.78, 5) is 4.65. The SMILES string of the molecule is CCNC(=NCc1cccc(Cn2cccn2)c1)NCc1ccc(F)cc1. The molecule has 3 aromatic rings. The average Bonchev–Trinajstić information content (AvgIpc) is 3.18. The molecule has 1 heterocycles. The first-order valence-corrected chi connectivity index (χ1v) is 9.05. The molecule has 0 fully saturated rings. The van der Waals surface area contributed by atoms with Crippen molar-refractivity contribution < 1.29 is 4.39 Å². The highest BCUT2D eigenvalue weighted by Crippen LogP contribution is 2.08. The van der Waals surface area contributed by atoms with Crippen molar-refractivity contribution in [3.8, 4) is 0 Å². The monoisotopic (exact) mass is 365 g/mol. The molecule has 140 valence electrons. The van der Waals surface area contributed by atoms with Crippen molar-refractivity contribution in [3.05, 3.63) is 89.5 Å². The number of nitrogens with one attached hydrogen (secondary N) is 2. The summed E-state index contributed by atoms with van der Waals surface area (Å²) in [5.41, 5.74) is 3.33. The highest BCUT2D eigenvalue weighted by Gasteiger charge is 2.01. The number of aliphatic imine (C=N–C) groups is 1. The number of nitrogens with zero attached hydrogens (tertiary/aromatic N) is 3. The first kappa shape index (κ1) is 18.6. The van der Waals surface area contributed by atoms with Crippen molar-refractivity contribution >= 4 is 5.96 Å². The standard InChI is InChI=1S/C21H24FN5/c1-2-23-21(24-14-17-7-9-20(22)10-8-17)25-15-18-5-3-6-19(13-18)16-27-12-4-11-26-27/h3-13H,2,14-16H2,1H3,(H2,23,24,25). The Kier molecular flexibility index (Phi) is 6.57. The van der Waals surface area contributed by atoms with E-state index in [0.717, 1.165) is 30.2 Å². The average molecular weight is 365 g/mol. The van der Waals surface area contributed by atoms with Gasteiger partial charge in [0.1, 0.15) is 5.82 Å².